The van der Waals surface area contributed by atoms with Crippen LogP contribution in [-0.2, 0) is 25.0 Å². The number of carbonyl (C=O) groups is 1. The van der Waals surface area contributed by atoms with Gasteiger partial charge in [0.2, 0.25) is 0 Å². The van der Waals surface area contributed by atoms with Gasteiger partial charge in [-0.2, -0.15) is 0 Å². The summed E-state index contributed by atoms with van der Waals surface area (Å²) in [5, 5.41) is 10.6. The summed E-state index contributed by atoms with van der Waals surface area (Å²) >= 11 is 0. The lowest BCUT2D eigenvalue weighted by Gasteiger charge is -2.30. The molecule has 2 unspecified atom stereocenters. The predicted octanol–water partition coefficient (Wildman–Crippen LogP) is 1.50. The van der Waals surface area contributed by atoms with Gasteiger partial charge in [-0.15, -0.1) is 0 Å². The van der Waals surface area contributed by atoms with E-state index in [2.05, 4.69) is 0 Å². The van der Waals surface area contributed by atoms with Crippen molar-refractivity contribution in [2.24, 2.45) is 5.92 Å². The maximum Gasteiger partial charge on any atom is 0.311 e. The van der Waals surface area contributed by atoms with E-state index in [4.69, 9.17) is 4.74 Å². The minimum atomic E-state index is -3.29. The van der Waals surface area contributed by atoms with Crippen molar-refractivity contribution in [1.82, 2.24) is 0 Å². The predicted molar refractivity (Wildman–Crippen MR) is 74.9 cm³/mol. The van der Waals surface area contributed by atoms with Crippen LogP contribution in [0.3, 0.4) is 0 Å². The number of hydrogen-bond donors (Lipinski definition) is 1. The number of methoxy groups -OCH3 is 1. The van der Waals surface area contributed by atoms with E-state index in [0.717, 1.165) is 6.26 Å². The molecule has 5 nitrogen and oxygen atoms in total. The molecule has 2 atom stereocenters. The molecule has 0 radical (unpaired) electrons. The van der Waals surface area contributed by atoms with Crippen LogP contribution >= 0.6 is 0 Å². The number of aliphatic hydroxyl groups is 1. The Morgan fingerprint density at radius 2 is 1.85 bits per heavy atom. The van der Waals surface area contributed by atoms with Gasteiger partial charge in [0.1, 0.15) is 5.60 Å². The van der Waals surface area contributed by atoms with Crippen LogP contribution in [0.1, 0.15) is 25.8 Å². The van der Waals surface area contributed by atoms with Crippen LogP contribution in [-0.4, -0.2) is 32.9 Å². The van der Waals surface area contributed by atoms with E-state index in [-0.39, 0.29) is 4.90 Å². The number of sulfone groups is 1. The normalized spacial score (nSPS) is 16.2. The Bertz CT molecular complexity index is 572. The van der Waals surface area contributed by atoms with Crippen LogP contribution in [0.25, 0.3) is 0 Å². The van der Waals surface area contributed by atoms with Gasteiger partial charge in [0.25, 0.3) is 0 Å². The van der Waals surface area contributed by atoms with Crippen molar-refractivity contribution in [1.29, 1.82) is 0 Å². The molecule has 0 amide bonds. The molecule has 112 valence electrons. The van der Waals surface area contributed by atoms with E-state index in [1.54, 1.807) is 6.92 Å². The molecule has 6 heteroatoms. The van der Waals surface area contributed by atoms with E-state index in [1.165, 1.54) is 38.3 Å². The van der Waals surface area contributed by atoms with E-state index in [1.807, 2.05) is 0 Å². The number of hydrogen-bond acceptors (Lipinski definition) is 5. The van der Waals surface area contributed by atoms with E-state index in [9.17, 15) is 18.3 Å². The average molecular weight is 300 g/mol. The van der Waals surface area contributed by atoms with E-state index >= 15 is 0 Å². The maximum atomic E-state index is 11.7. The van der Waals surface area contributed by atoms with Gasteiger partial charge >= 0.3 is 5.97 Å². The van der Waals surface area contributed by atoms with Gasteiger partial charge in [-0.1, -0.05) is 19.1 Å². The molecule has 1 N–H and O–H groups in total. The smallest absolute Gasteiger partial charge is 0.311 e. The summed E-state index contributed by atoms with van der Waals surface area (Å²) in [7, 11) is -2.01. The Morgan fingerprint density at radius 1 is 1.35 bits per heavy atom. The Balaban J connectivity index is 3.18. The van der Waals surface area contributed by atoms with Crippen molar-refractivity contribution in [2.75, 3.05) is 13.4 Å². The monoisotopic (exact) mass is 300 g/mol. The van der Waals surface area contributed by atoms with E-state index in [0.29, 0.717) is 12.0 Å². The molecule has 0 heterocycles. The number of carbonyl (C=O) groups excluding carboxylic acids is 1. The van der Waals surface area contributed by atoms with Crippen LogP contribution < -0.4 is 0 Å². The molecule has 1 aromatic rings. The minimum absolute atomic E-state index is 0.170. The molecule has 0 aliphatic carbocycles. The number of benzene rings is 1. The average Bonchev–Trinajstić information content (AvgIpc) is 2.38. The number of esters is 1. The summed E-state index contributed by atoms with van der Waals surface area (Å²) in [4.78, 5) is 11.9. The summed E-state index contributed by atoms with van der Waals surface area (Å²) in [6, 6.07) is 5.87. The van der Waals surface area contributed by atoms with Gasteiger partial charge in [-0.25, -0.2) is 8.42 Å². The fourth-order valence-corrected chi connectivity index (χ4v) is 2.81. The Morgan fingerprint density at radius 3 is 2.20 bits per heavy atom. The number of rotatable bonds is 5. The fourth-order valence-electron chi connectivity index (χ4n) is 2.18. The standard InChI is InChI=1S/C14H20O5S/c1-5-12(13(15)19-3)14(2,16)10-6-8-11(9-7-10)20(4,17)18/h6-9,12,16H,5H2,1-4H3. The zero-order valence-corrected chi connectivity index (χ0v) is 12.9. The van der Waals surface area contributed by atoms with Crippen LogP contribution in [0.5, 0.6) is 0 Å². The zero-order valence-electron chi connectivity index (χ0n) is 12.1. The van der Waals surface area contributed by atoms with Gasteiger partial charge in [-0.3, -0.25) is 4.79 Å². The summed E-state index contributed by atoms with van der Waals surface area (Å²) in [5.41, 5.74) is -0.945. The van der Waals surface area contributed by atoms with Gasteiger partial charge < -0.3 is 9.84 Å². The molecule has 0 spiro atoms. The third-order valence-electron chi connectivity index (χ3n) is 3.44. The fraction of sp³-hybridized carbons (Fsp3) is 0.500. The van der Waals surface area contributed by atoms with Crippen LogP contribution in [0.2, 0.25) is 0 Å². The third kappa shape index (κ3) is 3.37. The maximum absolute atomic E-state index is 11.7. The molecule has 0 saturated carbocycles. The minimum Gasteiger partial charge on any atom is -0.469 e. The lowest BCUT2D eigenvalue weighted by molar-refractivity contribution is -0.155. The van der Waals surface area contributed by atoms with Crippen molar-refractivity contribution in [3.8, 4) is 0 Å². The second-order valence-corrected chi connectivity index (χ2v) is 6.94. The third-order valence-corrected chi connectivity index (χ3v) is 4.57. The quantitative estimate of drug-likeness (QED) is 0.833. The molecule has 0 saturated heterocycles. The van der Waals surface area contributed by atoms with Crippen molar-refractivity contribution in [2.45, 2.75) is 30.8 Å². The highest BCUT2D eigenvalue weighted by Gasteiger charge is 2.38. The summed E-state index contributed by atoms with van der Waals surface area (Å²) in [6.07, 6.45) is 1.52. The Kier molecular flexibility index (Phi) is 4.94. The molecule has 1 aromatic carbocycles. The Labute approximate surface area is 119 Å². The highest BCUT2D eigenvalue weighted by atomic mass is 32.2. The van der Waals surface area contributed by atoms with E-state index < -0.39 is 27.3 Å². The second kappa shape index (κ2) is 5.93. The Hall–Kier alpha value is -1.40. The first-order chi connectivity index (χ1) is 9.14. The SMILES string of the molecule is CCC(C(=O)OC)C(C)(O)c1ccc(S(C)(=O)=O)cc1. The van der Waals surface area contributed by atoms with Gasteiger partial charge in [-0.05, 0) is 31.0 Å². The molecule has 0 fully saturated rings. The van der Waals surface area contributed by atoms with Crippen LogP contribution in [0.4, 0.5) is 0 Å². The molecule has 0 aromatic heterocycles. The molecule has 20 heavy (non-hydrogen) atoms. The van der Waals surface area contributed by atoms with Crippen molar-refractivity contribution >= 4 is 15.8 Å². The lowest BCUT2D eigenvalue weighted by atomic mass is 9.81. The second-order valence-electron chi connectivity index (χ2n) is 4.93. The lowest BCUT2D eigenvalue weighted by Crippen LogP contribution is -2.37. The molecular formula is C14H20O5S. The highest BCUT2D eigenvalue weighted by Crippen LogP contribution is 2.33. The topological polar surface area (TPSA) is 80.7 Å². The van der Waals surface area contributed by atoms with Crippen LogP contribution in [0, 0.1) is 5.92 Å². The summed E-state index contributed by atoms with van der Waals surface area (Å²) < 4.78 is 27.5. The van der Waals surface area contributed by atoms with Crippen molar-refractivity contribution < 1.29 is 23.1 Å². The first kappa shape index (κ1) is 16.7. The molecule has 1 rings (SSSR count). The van der Waals surface area contributed by atoms with Crippen molar-refractivity contribution in [3.05, 3.63) is 29.8 Å². The summed E-state index contributed by atoms with van der Waals surface area (Å²) in [5.74, 6) is -1.21. The largest absolute Gasteiger partial charge is 0.469 e. The van der Waals surface area contributed by atoms with Gasteiger partial charge in [0.15, 0.2) is 9.84 Å². The van der Waals surface area contributed by atoms with Gasteiger partial charge in [0, 0.05) is 6.26 Å². The highest BCUT2D eigenvalue weighted by molar-refractivity contribution is 7.90. The van der Waals surface area contributed by atoms with Crippen LogP contribution in [0.15, 0.2) is 29.2 Å². The molecular weight excluding hydrogens is 280 g/mol. The van der Waals surface area contributed by atoms with Gasteiger partial charge in [0.05, 0.1) is 17.9 Å². The van der Waals surface area contributed by atoms with Crippen molar-refractivity contribution in [3.63, 3.8) is 0 Å². The molecule has 0 bridgehead atoms. The zero-order chi connectivity index (χ0) is 15.6. The molecule has 0 aliphatic rings. The number of ether oxygens (including phenoxy) is 1. The first-order valence-electron chi connectivity index (χ1n) is 6.25. The molecule has 0 aliphatic heterocycles. The summed E-state index contributed by atoms with van der Waals surface area (Å²) in [6.45, 7) is 3.30. The first-order valence-corrected chi connectivity index (χ1v) is 8.14.